The lowest BCUT2D eigenvalue weighted by atomic mass is 9.87. The van der Waals surface area contributed by atoms with E-state index in [1.165, 1.54) is 12.8 Å². The molecule has 2 heteroatoms. The molecule has 0 aromatic rings. The molecule has 0 unspecified atom stereocenters. The molecule has 1 aliphatic carbocycles. The zero-order valence-corrected chi connectivity index (χ0v) is 6.86. The van der Waals surface area contributed by atoms with Crippen LogP contribution in [-0.4, -0.2) is 6.04 Å². The minimum absolute atomic E-state index is 0. The van der Waals surface area contributed by atoms with Crippen LogP contribution in [0.2, 0.25) is 0 Å². The molecule has 2 atom stereocenters. The first kappa shape index (κ1) is 9.81. The van der Waals surface area contributed by atoms with E-state index in [0.29, 0.717) is 12.0 Å². The maximum atomic E-state index is 5.71. The van der Waals surface area contributed by atoms with Gasteiger partial charge in [0.05, 0.1) is 0 Å². The van der Waals surface area contributed by atoms with Crippen LogP contribution in [0.3, 0.4) is 0 Å². The fourth-order valence-electron chi connectivity index (χ4n) is 1.38. The predicted molar refractivity (Wildman–Crippen MR) is 46.0 cm³/mol. The Kier molecular flexibility index (Phi) is 4.51. The predicted octanol–water partition coefficient (Wildman–Crippen LogP) is 1.56. The normalized spacial score (nSPS) is 32.0. The van der Waals surface area contributed by atoms with Crippen molar-refractivity contribution in [3.05, 3.63) is 0 Å². The highest BCUT2D eigenvalue weighted by molar-refractivity contribution is 5.85. The Morgan fingerprint density at radius 2 is 2.10 bits per heavy atom. The Morgan fingerprint density at radius 1 is 1.40 bits per heavy atom. The third-order valence-corrected chi connectivity index (χ3v) is 1.95. The summed E-state index contributed by atoms with van der Waals surface area (Å²) >= 11 is 0. The Bertz CT molecular complexity index is 128. The highest BCUT2D eigenvalue weighted by atomic mass is 35.5. The fraction of sp³-hybridized carbons (Fsp3) is 0.750. The molecule has 58 valence electrons. The second-order valence-electron chi connectivity index (χ2n) is 2.79. The zero-order valence-electron chi connectivity index (χ0n) is 6.05. The van der Waals surface area contributed by atoms with Gasteiger partial charge in [-0.25, -0.2) is 0 Å². The van der Waals surface area contributed by atoms with Crippen LogP contribution in [0.5, 0.6) is 0 Å². The highest BCUT2D eigenvalue weighted by Crippen LogP contribution is 2.21. The van der Waals surface area contributed by atoms with Gasteiger partial charge < -0.3 is 5.73 Å². The van der Waals surface area contributed by atoms with Gasteiger partial charge in [0.2, 0.25) is 0 Å². The molecule has 0 spiro atoms. The summed E-state index contributed by atoms with van der Waals surface area (Å²) in [6.45, 7) is 0. The van der Waals surface area contributed by atoms with E-state index in [0.717, 1.165) is 12.8 Å². The van der Waals surface area contributed by atoms with Crippen LogP contribution in [-0.2, 0) is 0 Å². The topological polar surface area (TPSA) is 26.0 Å². The molecule has 1 fully saturated rings. The molecular formula is C8H14ClN. The van der Waals surface area contributed by atoms with Crippen molar-refractivity contribution in [2.75, 3.05) is 0 Å². The lowest BCUT2D eigenvalue weighted by molar-refractivity contribution is 0.381. The minimum Gasteiger partial charge on any atom is -0.328 e. The van der Waals surface area contributed by atoms with Gasteiger partial charge in [-0.1, -0.05) is 6.42 Å². The Labute approximate surface area is 68.8 Å². The highest BCUT2D eigenvalue weighted by Gasteiger charge is 2.16. The van der Waals surface area contributed by atoms with Gasteiger partial charge in [0.15, 0.2) is 0 Å². The summed E-state index contributed by atoms with van der Waals surface area (Å²) < 4.78 is 0. The standard InChI is InChI=1S/C8H13N.ClH/c1-2-7-4-3-5-8(9)6-7;/h1,7-8H,3-6,9H2;1H/t7-,8-;/m1./s1. The lowest BCUT2D eigenvalue weighted by Gasteiger charge is -2.22. The Balaban J connectivity index is 0.000000810. The molecule has 0 radical (unpaired) electrons. The third kappa shape index (κ3) is 2.60. The second kappa shape index (κ2) is 4.60. The molecule has 0 bridgehead atoms. The van der Waals surface area contributed by atoms with Gasteiger partial charge in [0.1, 0.15) is 0 Å². The maximum Gasteiger partial charge on any atom is 0.0214 e. The Morgan fingerprint density at radius 3 is 2.50 bits per heavy atom. The SMILES string of the molecule is C#C[C@@H]1CCC[C@@H](N)C1.Cl. The van der Waals surface area contributed by atoms with E-state index in [2.05, 4.69) is 5.92 Å². The van der Waals surface area contributed by atoms with E-state index in [-0.39, 0.29) is 12.4 Å². The molecule has 1 rings (SSSR count). The summed E-state index contributed by atoms with van der Waals surface area (Å²) in [6.07, 6.45) is 9.87. The van der Waals surface area contributed by atoms with Gasteiger partial charge in [0, 0.05) is 12.0 Å². The fourth-order valence-corrected chi connectivity index (χ4v) is 1.38. The van der Waals surface area contributed by atoms with E-state index >= 15 is 0 Å². The van der Waals surface area contributed by atoms with Crippen LogP contribution >= 0.6 is 12.4 Å². The number of halogens is 1. The number of hydrogen-bond acceptors (Lipinski definition) is 1. The van der Waals surface area contributed by atoms with Crippen LogP contribution in [0.4, 0.5) is 0 Å². The van der Waals surface area contributed by atoms with E-state index in [9.17, 15) is 0 Å². The van der Waals surface area contributed by atoms with Crippen molar-refractivity contribution in [1.82, 2.24) is 0 Å². The summed E-state index contributed by atoms with van der Waals surface area (Å²) in [7, 11) is 0. The summed E-state index contributed by atoms with van der Waals surface area (Å²) in [5.74, 6) is 3.22. The van der Waals surface area contributed by atoms with Gasteiger partial charge in [-0.2, -0.15) is 0 Å². The van der Waals surface area contributed by atoms with E-state index in [1.54, 1.807) is 0 Å². The lowest BCUT2D eigenvalue weighted by Crippen LogP contribution is -2.26. The maximum absolute atomic E-state index is 5.71. The molecule has 0 aromatic heterocycles. The largest absolute Gasteiger partial charge is 0.328 e. The van der Waals surface area contributed by atoms with Crippen molar-refractivity contribution in [3.8, 4) is 12.3 Å². The van der Waals surface area contributed by atoms with Crippen LogP contribution in [0.1, 0.15) is 25.7 Å². The first-order valence-corrected chi connectivity index (χ1v) is 3.54. The van der Waals surface area contributed by atoms with Crippen LogP contribution in [0.25, 0.3) is 0 Å². The zero-order chi connectivity index (χ0) is 6.69. The summed E-state index contributed by atoms with van der Waals surface area (Å²) in [5.41, 5.74) is 5.71. The average molecular weight is 160 g/mol. The molecule has 1 nitrogen and oxygen atoms in total. The van der Waals surface area contributed by atoms with Crippen molar-refractivity contribution in [1.29, 1.82) is 0 Å². The quantitative estimate of drug-likeness (QED) is 0.534. The van der Waals surface area contributed by atoms with Crippen molar-refractivity contribution in [2.24, 2.45) is 11.7 Å². The number of terminal acetylenes is 1. The second-order valence-corrected chi connectivity index (χ2v) is 2.79. The summed E-state index contributed by atoms with van der Waals surface area (Å²) in [6, 6.07) is 0.375. The molecular weight excluding hydrogens is 146 g/mol. The first-order valence-electron chi connectivity index (χ1n) is 3.54. The van der Waals surface area contributed by atoms with E-state index in [1.807, 2.05) is 0 Å². The molecule has 0 aromatic carbocycles. The van der Waals surface area contributed by atoms with Crippen molar-refractivity contribution >= 4 is 12.4 Å². The minimum atomic E-state index is 0. The van der Waals surface area contributed by atoms with E-state index in [4.69, 9.17) is 12.2 Å². The van der Waals surface area contributed by atoms with E-state index < -0.39 is 0 Å². The third-order valence-electron chi connectivity index (χ3n) is 1.95. The number of rotatable bonds is 0. The molecule has 0 amide bonds. The van der Waals surface area contributed by atoms with Gasteiger partial charge in [0.25, 0.3) is 0 Å². The molecule has 0 heterocycles. The van der Waals surface area contributed by atoms with Crippen molar-refractivity contribution in [2.45, 2.75) is 31.7 Å². The Hall–Kier alpha value is -0.190. The van der Waals surface area contributed by atoms with Crippen molar-refractivity contribution < 1.29 is 0 Å². The van der Waals surface area contributed by atoms with Gasteiger partial charge in [-0.15, -0.1) is 24.8 Å². The molecule has 0 aliphatic heterocycles. The van der Waals surface area contributed by atoms with Crippen LogP contribution in [0, 0.1) is 18.3 Å². The van der Waals surface area contributed by atoms with Gasteiger partial charge >= 0.3 is 0 Å². The molecule has 1 saturated carbocycles. The summed E-state index contributed by atoms with van der Waals surface area (Å²) in [4.78, 5) is 0. The first-order chi connectivity index (χ1) is 4.33. The molecule has 2 N–H and O–H groups in total. The van der Waals surface area contributed by atoms with Gasteiger partial charge in [-0.05, 0) is 19.3 Å². The molecule has 10 heavy (non-hydrogen) atoms. The monoisotopic (exact) mass is 159 g/mol. The number of nitrogens with two attached hydrogens (primary N) is 1. The smallest absolute Gasteiger partial charge is 0.0214 e. The van der Waals surface area contributed by atoms with Crippen molar-refractivity contribution in [3.63, 3.8) is 0 Å². The summed E-state index contributed by atoms with van der Waals surface area (Å²) in [5, 5.41) is 0. The molecule has 1 aliphatic rings. The van der Waals surface area contributed by atoms with Crippen LogP contribution in [0.15, 0.2) is 0 Å². The number of hydrogen-bond donors (Lipinski definition) is 1. The average Bonchev–Trinajstić information content (AvgIpc) is 1.88. The molecule has 0 saturated heterocycles. The van der Waals surface area contributed by atoms with Gasteiger partial charge in [-0.3, -0.25) is 0 Å². The van der Waals surface area contributed by atoms with Crippen LogP contribution < -0.4 is 5.73 Å².